The summed E-state index contributed by atoms with van der Waals surface area (Å²) in [5, 5.41) is 10.5. The Bertz CT molecular complexity index is 1140. The van der Waals surface area contributed by atoms with Gasteiger partial charge >= 0.3 is 0 Å². The third-order valence-corrected chi connectivity index (χ3v) is 10.9. The zero-order valence-electron chi connectivity index (χ0n) is 24.3. The molecular formula is C31H43N3O5S. The summed E-state index contributed by atoms with van der Waals surface area (Å²) in [6.07, 6.45) is 4.66. The van der Waals surface area contributed by atoms with Crippen LogP contribution in [0, 0.1) is 23.7 Å². The second-order valence-electron chi connectivity index (χ2n) is 11.7. The number of amides is 3. The number of ether oxygens (including phenoxy) is 1. The quantitative estimate of drug-likeness (QED) is 0.387. The van der Waals surface area contributed by atoms with Gasteiger partial charge in [0.25, 0.3) is 5.91 Å². The average molecular weight is 570 g/mol. The Morgan fingerprint density at radius 3 is 2.40 bits per heavy atom. The number of benzene rings is 1. The number of rotatable bonds is 12. The minimum atomic E-state index is -0.824. The lowest BCUT2D eigenvalue weighted by Gasteiger charge is -2.42. The Morgan fingerprint density at radius 1 is 1.20 bits per heavy atom. The van der Waals surface area contributed by atoms with Crippen LogP contribution in [-0.2, 0) is 14.4 Å². The van der Waals surface area contributed by atoms with Crippen LogP contribution < -0.4 is 9.64 Å². The molecule has 3 heterocycles. The van der Waals surface area contributed by atoms with E-state index in [1.54, 1.807) is 64.9 Å². The van der Waals surface area contributed by atoms with Gasteiger partial charge in [-0.25, -0.2) is 0 Å². The maximum Gasteiger partial charge on any atom is 0.251 e. The van der Waals surface area contributed by atoms with Crippen molar-refractivity contribution in [1.82, 2.24) is 9.80 Å². The fourth-order valence-corrected chi connectivity index (χ4v) is 9.53. The summed E-state index contributed by atoms with van der Waals surface area (Å²) >= 11 is 1.65. The standard InChI is InChI=1S/C31H43N3O5S/c1-8-14-32(6)28(36)25-24-17-20(5)31(40-24)26(25)29(37)34(22(18-35)16-19(3)4)27(31)30(38)33(15-9-2)21-10-12-23(39-7)13-11-21/h8-13,19-20,22,24-27,35H,1-2,14-18H2,3-7H3/t20?,22-,24+,25-,26+,27?,31?/m1/s1. The van der Waals surface area contributed by atoms with Gasteiger partial charge in [-0.05, 0) is 48.9 Å². The van der Waals surface area contributed by atoms with Crippen LogP contribution in [0.15, 0.2) is 49.6 Å². The fourth-order valence-electron chi connectivity index (χ4n) is 7.13. The first-order chi connectivity index (χ1) is 19.1. The van der Waals surface area contributed by atoms with Crippen molar-refractivity contribution in [3.05, 3.63) is 49.6 Å². The molecule has 8 nitrogen and oxygen atoms in total. The maximum absolute atomic E-state index is 14.8. The van der Waals surface area contributed by atoms with Crippen LogP contribution in [0.25, 0.3) is 0 Å². The number of methoxy groups -OCH3 is 1. The first kappa shape index (κ1) is 30.2. The molecule has 3 saturated heterocycles. The van der Waals surface area contributed by atoms with Crippen molar-refractivity contribution >= 4 is 35.2 Å². The number of carbonyl (C=O) groups excluding carboxylic acids is 3. The molecule has 2 bridgehead atoms. The van der Waals surface area contributed by atoms with E-state index in [1.807, 2.05) is 26.0 Å². The molecule has 7 atom stereocenters. The lowest BCUT2D eigenvalue weighted by Crippen LogP contribution is -2.59. The van der Waals surface area contributed by atoms with Gasteiger partial charge in [0.1, 0.15) is 11.8 Å². The molecule has 3 unspecified atom stereocenters. The van der Waals surface area contributed by atoms with Gasteiger partial charge in [-0.3, -0.25) is 14.4 Å². The molecular weight excluding hydrogens is 526 g/mol. The highest BCUT2D eigenvalue weighted by molar-refractivity contribution is 8.02. The molecule has 9 heteroatoms. The summed E-state index contributed by atoms with van der Waals surface area (Å²) in [6, 6.07) is 5.90. The van der Waals surface area contributed by atoms with Gasteiger partial charge in [-0.2, -0.15) is 0 Å². The minimum Gasteiger partial charge on any atom is -0.497 e. The van der Waals surface area contributed by atoms with Crippen LogP contribution in [0.1, 0.15) is 33.6 Å². The van der Waals surface area contributed by atoms with Gasteiger partial charge in [-0.15, -0.1) is 24.9 Å². The average Bonchev–Trinajstić information content (AvgIpc) is 3.53. The summed E-state index contributed by atoms with van der Waals surface area (Å²) in [6.45, 7) is 14.2. The molecule has 0 aromatic heterocycles. The second-order valence-corrected chi connectivity index (χ2v) is 13.3. The predicted molar refractivity (Wildman–Crippen MR) is 159 cm³/mol. The Kier molecular flexibility index (Phi) is 9.05. The Hall–Kier alpha value is -2.78. The molecule has 3 fully saturated rings. The van der Waals surface area contributed by atoms with Gasteiger partial charge in [-0.1, -0.05) is 32.9 Å². The topological polar surface area (TPSA) is 90.4 Å². The number of aliphatic hydroxyl groups excluding tert-OH is 1. The largest absolute Gasteiger partial charge is 0.497 e. The molecule has 3 amide bonds. The number of carbonyl (C=O) groups is 3. The number of hydrogen-bond acceptors (Lipinski definition) is 6. The molecule has 1 aromatic carbocycles. The van der Waals surface area contributed by atoms with Gasteiger partial charge in [0.2, 0.25) is 11.8 Å². The smallest absolute Gasteiger partial charge is 0.251 e. The minimum absolute atomic E-state index is 0.0315. The third-order valence-electron chi connectivity index (χ3n) is 8.79. The number of likely N-dealkylation sites (N-methyl/N-ethyl adjacent to an activating group) is 1. The van der Waals surface area contributed by atoms with Crippen LogP contribution in [0.4, 0.5) is 5.69 Å². The number of nitrogens with zero attached hydrogens (tertiary/aromatic N) is 3. The maximum atomic E-state index is 14.8. The van der Waals surface area contributed by atoms with Crippen molar-refractivity contribution < 1.29 is 24.2 Å². The summed E-state index contributed by atoms with van der Waals surface area (Å²) in [7, 11) is 3.33. The Balaban J connectivity index is 1.85. The molecule has 40 heavy (non-hydrogen) atoms. The van der Waals surface area contributed by atoms with Crippen molar-refractivity contribution in [3.63, 3.8) is 0 Å². The zero-order chi connectivity index (χ0) is 29.4. The molecule has 4 rings (SSSR count). The number of likely N-dealkylation sites (tertiary alicyclic amines) is 1. The highest BCUT2D eigenvalue weighted by Crippen LogP contribution is 2.69. The zero-order valence-corrected chi connectivity index (χ0v) is 25.1. The number of fused-ring (bicyclic) bond motifs is 1. The highest BCUT2D eigenvalue weighted by Gasteiger charge is 2.77. The summed E-state index contributed by atoms with van der Waals surface area (Å²) in [5.41, 5.74) is 0.672. The first-order valence-corrected chi connectivity index (χ1v) is 15.0. The van der Waals surface area contributed by atoms with E-state index in [-0.39, 0.29) is 48.0 Å². The van der Waals surface area contributed by atoms with E-state index < -0.39 is 28.7 Å². The van der Waals surface area contributed by atoms with Gasteiger partial charge < -0.3 is 24.5 Å². The van der Waals surface area contributed by atoms with Crippen molar-refractivity contribution in [1.29, 1.82) is 0 Å². The van der Waals surface area contributed by atoms with E-state index in [2.05, 4.69) is 20.1 Å². The SMILES string of the molecule is C=CCN(C)C(=O)[C@@H]1[C@@H]2CC(C)C3(S2)C(C(=O)N(CC=C)c2ccc(OC)cc2)N([C@@H](CO)CC(C)C)C(=O)[C@H]13. The second kappa shape index (κ2) is 12.0. The lowest BCUT2D eigenvalue weighted by molar-refractivity contribution is -0.145. The Morgan fingerprint density at radius 2 is 1.85 bits per heavy atom. The molecule has 1 N–H and O–H groups in total. The van der Waals surface area contributed by atoms with Gasteiger partial charge in [0, 0.05) is 31.1 Å². The van der Waals surface area contributed by atoms with Crippen molar-refractivity contribution in [3.8, 4) is 5.75 Å². The molecule has 0 saturated carbocycles. The monoisotopic (exact) mass is 569 g/mol. The van der Waals surface area contributed by atoms with E-state index in [4.69, 9.17) is 4.74 Å². The normalized spacial score (nSPS) is 29.3. The van der Waals surface area contributed by atoms with Crippen molar-refractivity contribution in [2.45, 2.75) is 55.7 Å². The van der Waals surface area contributed by atoms with E-state index >= 15 is 0 Å². The van der Waals surface area contributed by atoms with E-state index in [9.17, 15) is 19.5 Å². The molecule has 0 aliphatic carbocycles. The highest BCUT2D eigenvalue weighted by atomic mass is 32.2. The molecule has 3 aliphatic heterocycles. The molecule has 0 radical (unpaired) electrons. The summed E-state index contributed by atoms with van der Waals surface area (Å²) < 4.78 is 4.54. The van der Waals surface area contributed by atoms with E-state index in [0.717, 1.165) is 6.42 Å². The van der Waals surface area contributed by atoms with Gasteiger partial charge in [0.15, 0.2) is 0 Å². The van der Waals surface area contributed by atoms with Crippen LogP contribution in [0.2, 0.25) is 0 Å². The van der Waals surface area contributed by atoms with Crippen molar-refractivity contribution in [2.24, 2.45) is 23.7 Å². The first-order valence-electron chi connectivity index (χ1n) is 14.1. The fraction of sp³-hybridized carbons (Fsp3) is 0.581. The predicted octanol–water partition coefficient (Wildman–Crippen LogP) is 3.60. The number of hydrogen-bond donors (Lipinski definition) is 1. The molecule has 1 aromatic rings. The van der Waals surface area contributed by atoms with Crippen LogP contribution in [-0.4, -0.2) is 88.6 Å². The number of thioether (sulfide) groups is 1. The van der Waals surface area contributed by atoms with Crippen molar-refractivity contribution in [2.75, 3.05) is 38.8 Å². The lowest BCUT2D eigenvalue weighted by atomic mass is 9.65. The van der Waals surface area contributed by atoms with Crippen LogP contribution >= 0.6 is 11.8 Å². The van der Waals surface area contributed by atoms with Gasteiger partial charge in [0.05, 0.1) is 36.3 Å². The molecule has 1 spiro atoms. The summed E-state index contributed by atoms with van der Waals surface area (Å²) in [5.74, 6) is -0.749. The van der Waals surface area contributed by atoms with E-state index in [1.165, 1.54) is 0 Å². The molecule has 3 aliphatic rings. The van der Waals surface area contributed by atoms with Crippen LogP contribution in [0.3, 0.4) is 0 Å². The number of anilines is 1. The van der Waals surface area contributed by atoms with E-state index in [0.29, 0.717) is 24.4 Å². The Labute approximate surface area is 242 Å². The summed E-state index contributed by atoms with van der Waals surface area (Å²) in [4.78, 5) is 48.0. The van der Waals surface area contributed by atoms with Crippen LogP contribution in [0.5, 0.6) is 5.75 Å². The number of aliphatic hydroxyl groups is 1. The third kappa shape index (κ3) is 4.85. The molecule has 218 valence electrons.